The van der Waals surface area contributed by atoms with Crippen LogP contribution in [0.3, 0.4) is 0 Å². The average molecular weight is 168 g/mol. The predicted octanol–water partition coefficient (Wildman–Crippen LogP) is 3.41. The summed E-state index contributed by atoms with van der Waals surface area (Å²) in [4.78, 5) is 0. The molecule has 0 fully saturated rings. The van der Waals surface area contributed by atoms with Gasteiger partial charge in [0.2, 0.25) is 0 Å². The molecule has 1 aliphatic rings. The molecule has 0 N–H and O–H groups in total. The maximum absolute atomic E-state index is 2.30. The Morgan fingerprint density at radius 2 is 1.91 bits per heavy atom. The number of hydrogen-bond acceptors (Lipinski definition) is 1. The van der Waals surface area contributed by atoms with Crippen molar-refractivity contribution in [3.05, 3.63) is 23.3 Å². The van der Waals surface area contributed by atoms with Crippen molar-refractivity contribution in [1.82, 2.24) is 0 Å². The molecule has 0 atom stereocenters. The molecule has 0 unspecified atom stereocenters. The first-order chi connectivity index (χ1) is 5.36. The van der Waals surface area contributed by atoms with Crippen molar-refractivity contribution in [2.24, 2.45) is 0 Å². The molecule has 1 heteroatoms. The summed E-state index contributed by atoms with van der Waals surface area (Å²) in [6, 6.07) is 0. The summed E-state index contributed by atoms with van der Waals surface area (Å²) >= 11 is 1.92. The predicted molar refractivity (Wildman–Crippen MR) is 54.1 cm³/mol. The summed E-state index contributed by atoms with van der Waals surface area (Å²) in [6.07, 6.45) is 10.6. The van der Waals surface area contributed by atoms with Gasteiger partial charge in [-0.05, 0) is 25.5 Å². The van der Waals surface area contributed by atoms with Gasteiger partial charge in [-0.3, -0.25) is 0 Å². The van der Waals surface area contributed by atoms with Gasteiger partial charge in [-0.1, -0.05) is 30.2 Å². The SMILES string of the molecule is CCC1=CC=C(CSC)CC1. The zero-order chi connectivity index (χ0) is 8.10. The fourth-order valence-electron chi connectivity index (χ4n) is 1.32. The Bertz CT molecular complexity index is 177. The molecule has 1 aliphatic carbocycles. The van der Waals surface area contributed by atoms with Gasteiger partial charge >= 0.3 is 0 Å². The van der Waals surface area contributed by atoms with Crippen molar-refractivity contribution in [3.63, 3.8) is 0 Å². The van der Waals surface area contributed by atoms with Crippen molar-refractivity contribution < 1.29 is 0 Å². The van der Waals surface area contributed by atoms with Gasteiger partial charge in [0.15, 0.2) is 0 Å². The van der Waals surface area contributed by atoms with Crippen LogP contribution in [0, 0.1) is 0 Å². The van der Waals surface area contributed by atoms with Crippen LogP contribution in [0.1, 0.15) is 26.2 Å². The first-order valence-corrected chi connectivity index (χ1v) is 5.62. The Balaban J connectivity index is 2.47. The summed E-state index contributed by atoms with van der Waals surface area (Å²) in [7, 11) is 0. The Labute approximate surface area is 73.8 Å². The second kappa shape index (κ2) is 4.66. The van der Waals surface area contributed by atoms with Crippen LogP contribution in [0.15, 0.2) is 23.3 Å². The molecule has 0 aromatic rings. The quantitative estimate of drug-likeness (QED) is 0.622. The lowest BCUT2D eigenvalue weighted by Crippen LogP contribution is -1.94. The van der Waals surface area contributed by atoms with Crippen molar-refractivity contribution in [3.8, 4) is 0 Å². The lowest BCUT2D eigenvalue weighted by atomic mass is 9.98. The highest BCUT2D eigenvalue weighted by Crippen LogP contribution is 2.22. The van der Waals surface area contributed by atoms with E-state index in [1.54, 1.807) is 11.1 Å². The van der Waals surface area contributed by atoms with Gasteiger partial charge in [0.25, 0.3) is 0 Å². The molecule has 0 amide bonds. The number of allylic oxidation sites excluding steroid dienone is 3. The summed E-state index contributed by atoms with van der Waals surface area (Å²) in [6.45, 7) is 2.24. The third-order valence-electron chi connectivity index (χ3n) is 2.11. The molecule has 0 heterocycles. The van der Waals surface area contributed by atoms with Gasteiger partial charge in [0.1, 0.15) is 0 Å². The standard InChI is InChI=1S/C10H16S/c1-3-9-4-6-10(7-5-9)8-11-2/h4,6H,3,5,7-8H2,1-2H3. The highest BCUT2D eigenvalue weighted by molar-refractivity contribution is 7.98. The van der Waals surface area contributed by atoms with Gasteiger partial charge < -0.3 is 0 Å². The van der Waals surface area contributed by atoms with Gasteiger partial charge in [-0.2, -0.15) is 11.8 Å². The molecule has 0 radical (unpaired) electrons. The number of thioether (sulfide) groups is 1. The van der Waals surface area contributed by atoms with Crippen LogP contribution in [-0.2, 0) is 0 Å². The third kappa shape index (κ3) is 2.74. The van der Waals surface area contributed by atoms with Crippen LogP contribution >= 0.6 is 11.8 Å². The first-order valence-electron chi connectivity index (χ1n) is 4.23. The molecule has 0 saturated heterocycles. The van der Waals surface area contributed by atoms with Crippen LogP contribution in [0.25, 0.3) is 0 Å². The summed E-state index contributed by atoms with van der Waals surface area (Å²) in [5.74, 6) is 1.22. The fourth-order valence-corrected chi connectivity index (χ4v) is 1.94. The van der Waals surface area contributed by atoms with E-state index < -0.39 is 0 Å². The second-order valence-electron chi connectivity index (χ2n) is 2.94. The van der Waals surface area contributed by atoms with Gasteiger partial charge in [0.05, 0.1) is 0 Å². The smallest absolute Gasteiger partial charge is 0.0143 e. The van der Waals surface area contributed by atoms with Crippen LogP contribution in [-0.4, -0.2) is 12.0 Å². The Morgan fingerprint density at radius 3 is 2.36 bits per heavy atom. The topological polar surface area (TPSA) is 0 Å². The largest absolute Gasteiger partial charge is 0.161 e. The summed E-state index contributed by atoms with van der Waals surface area (Å²) in [5, 5.41) is 0. The van der Waals surface area contributed by atoms with E-state index in [9.17, 15) is 0 Å². The molecular formula is C10H16S. The number of rotatable bonds is 3. The minimum absolute atomic E-state index is 1.22. The van der Waals surface area contributed by atoms with Crippen LogP contribution in [0.2, 0.25) is 0 Å². The maximum atomic E-state index is 2.30. The molecule has 11 heavy (non-hydrogen) atoms. The Morgan fingerprint density at radius 1 is 1.27 bits per heavy atom. The highest BCUT2D eigenvalue weighted by atomic mass is 32.2. The first kappa shape index (κ1) is 8.92. The van der Waals surface area contributed by atoms with Gasteiger partial charge in [0, 0.05) is 5.75 Å². The van der Waals surface area contributed by atoms with Gasteiger partial charge in [-0.25, -0.2) is 0 Å². The summed E-state index contributed by atoms with van der Waals surface area (Å²) in [5.41, 5.74) is 3.21. The molecule has 0 aromatic heterocycles. The van der Waals surface area contributed by atoms with Crippen molar-refractivity contribution in [2.75, 3.05) is 12.0 Å². The van der Waals surface area contributed by atoms with Crippen LogP contribution < -0.4 is 0 Å². The Kier molecular flexibility index (Phi) is 3.78. The molecule has 0 nitrogen and oxygen atoms in total. The lowest BCUT2D eigenvalue weighted by Gasteiger charge is -2.12. The van der Waals surface area contributed by atoms with E-state index in [0.29, 0.717) is 0 Å². The molecule has 1 rings (SSSR count). The molecular weight excluding hydrogens is 152 g/mol. The minimum atomic E-state index is 1.22. The normalized spacial score (nSPS) is 17.6. The Hall–Kier alpha value is -0.170. The number of hydrogen-bond donors (Lipinski definition) is 0. The van der Waals surface area contributed by atoms with Gasteiger partial charge in [-0.15, -0.1) is 0 Å². The molecule has 0 bridgehead atoms. The minimum Gasteiger partial charge on any atom is -0.161 e. The van der Waals surface area contributed by atoms with Crippen molar-refractivity contribution >= 4 is 11.8 Å². The van der Waals surface area contributed by atoms with E-state index in [2.05, 4.69) is 25.3 Å². The zero-order valence-corrected chi connectivity index (χ0v) is 8.21. The van der Waals surface area contributed by atoms with E-state index >= 15 is 0 Å². The molecule has 0 aromatic carbocycles. The molecule has 0 spiro atoms. The van der Waals surface area contributed by atoms with Crippen molar-refractivity contribution in [1.29, 1.82) is 0 Å². The second-order valence-corrected chi connectivity index (χ2v) is 3.80. The maximum Gasteiger partial charge on any atom is 0.0143 e. The zero-order valence-electron chi connectivity index (χ0n) is 7.39. The van der Waals surface area contributed by atoms with Crippen LogP contribution in [0.4, 0.5) is 0 Å². The molecule has 0 aliphatic heterocycles. The third-order valence-corrected chi connectivity index (χ3v) is 2.77. The van der Waals surface area contributed by atoms with E-state index in [4.69, 9.17) is 0 Å². The van der Waals surface area contributed by atoms with E-state index in [-0.39, 0.29) is 0 Å². The average Bonchev–Trinajstić information content (AvgIpc) is 2.07. The van der Waals surface area contributed by atoms with Crippen LogP contribution in [0.5, 0.6) is 0 Å². The summed E-state index contributed by atoms with van der Waals surface area (Å²) < 4.78 is 0. The molecule has 0 saturated carbocycles. The van der Waals surface area contributed by atoms with Crippen molar-refractivity contribution in [2.45, 2.75) is 26.2 Å². The monoisotopic (exact) mass is 168 g/mol. The van der Waals surface area contributed by atoms with E-state index in [1.807, 2.05) is 11.8 Å². The molecule has 62 valence electrons. The lowest BCUT2D eigenvalue weighted by molar-refractivity contribution is 0.860. The van der Waals surface area contributed by atoms with E-state index in [1.165, 1.54) is 25.0 Å². The fraction of sp³-hybridized carbons (Fsp3) is 0.600. The van der Waals surface area contributed by atoms with E-state index in [0.717, 1.165) is 0 Å². The highest BCUT2D eigenvalue weighted by Gasteiger charge is 2.03.